The molecule has 1 saturated carbocycles. The van der Waals surface area contributed by atoms with Gasteiger partial charge in [-0.25, -0.2) is 13.1 Å². The fraction of sp³-hybridized carbons (Fsp3) is 0.867. The number of halogens is 1. The predicted octanol–water partition coefficient (Wildman–Crippen LogP) is 0.0634. The van der Waals surface area contributed by atoms with Crippen LogP contribution in [0, 0.1) is 5.92 Å². The number of hydrogen-bond acceptors (Lipinski definition) is 4. The quantitative estimate of drug-likeness (QED) is 0.314. The number of carbonyl (C=O) groups excluding carboxylic acids is 1. The van der Waals surface area contributed by atoms with Crippen LogP contribution in [0.15, 0.2) is 4.99 Å². The van der Waals surface area contributed by atoms with Crippen LogP contribution in [0.4, 0.5) is 0 Å². The lowest BCUT2D eigenvalue weighted by Gasteiger charge is -2.36. The summed E-state index contributed by atoms with van der Waals surface area (Å²) < 4.78 is 26.7. The molecule has 10 heteroatoms. The van der Waals surface area contributed by atoms with E-state index in [0.29, 0.717) is 51.1 Å². The van der Waals surface area contributed by atoms with E-state index in [0.717, 1.165) is 12.8 Å². The van der Waals surface area contributed by atoms with Crippen LogP contribution in [0.2, 0.25) is 0 Å². The molecule has 2 rings (SSSR count). The van der Waals surface area contributed by atoms with Crippen LogP contribution < -0.4 is 10.0 Å². The van der Waals surface area contributed by atoms with E-state index >= 15 is 0 Å². The van der Waals surface area contributed by atoms with Crippen LogP contribution in [-0.2, 0) is 14.8 Å². The van der Waals surface area contributed by atoms with Crippen LogP contribution in [0.3, 0.4) is 0 Å². The van der Waals surface area contributed by atoms with Gasteiger partial charge in [-0.15, -0.1) is 24.0 Å². The number of nitrogens with zero attached hydrogens (tertiary/aromatic N) is 3. The first-order chi connectivity index (χ1) is 11.4. The fourth-order valence-electron chi connectivity index (χ4n) is 2.88. The van der Waals surface area contributed by atoms with Crippen molar-refractivity contribution in [1.29, 1.82) is 0 Å². The van der Waals surface area contributed by atoms with Crippen molar-refractivity contribution in [1.82, 2.24) is 19.8 Å². The van der Waals surface area contributed by atoms with E-state index in [4.69, 9.17) is 0 Å². The van der Waals surface area contributed by atoms with Crippen molar-refractivity contribution in [3.8, 4) is 0 Å². The topological polar surface area (TPSA) is 94.1 Å². The Morgan fingerprint density at radius 2 is 1.76 bits per heavy atom. The molecule has 0 bridgehead atoms. The molecule has 1 amide bonds. The third kappa shape index (κ3) is 7.26. The Bertz CT molecular complexity index is 558. The van der Waals surface area contributed by atoms with E-state index in [9.17, 15) is 13.2 Å². The second-order valence-electron chi connectivity index (χ2n) is 6.43. The van der Waals surface area contributed by atoms with Gasteiger partial charge >= 0.3 is 0 Å². The molecule has 0 aromatic carbocycles. The highest BCUT2D eigenvalue weighted by Gasteiger charge is 2.22. The Morgan fingerprint density at radius 3 is 2.24 bits per heavy atom. The smallest absolute Gasteiger partial charge is 0.219 e. The van der Waals surface area contributed by atoms with E-state index in [2.05, 4.69) is 15.0 Å². The maximum absolute atomic E-state index is 12.0. The van der Waals surface area contributed by atoms with E-state index in [-0.39, 0.29) is 35.6 Å². The van der Waals surface area contributed by atoms with Crippen molar-refractivity contribution < 1.29 is 13.2 Å². The number of guanidine groups is 1. The molecule has 0 unspecified atom stereocenters. The first-order valence-corrected chi connectivity index (χ1v) is 10.2. The van der Waals surface area contributed by atoms with Gasteiger partial charge in [0.1, 0.15) is 0 Å². The van der Waals surface area contributed by atoms with Crippen LogP contribution in [0.25, 0.3) is 0 Å². The molecule has 25 heavy (non-hydrogen) atoms. The van der Waals surface area contributed by atoms with Gasteiger partial charge in [0.2, 0.25) is 15.9 Å². The van der Waals surface area contributed by atoms with Gasteiger partial charge in [-0.05, 0) is 18.8 Å². The van der Waals surface area contributed by atoms with Gasteiger partial charge < -0.3 is 15.1 Å². The summed E-state index contributed by atoms with van der Waals surface area (Å²) in [5.41, 5.74) is 0. The number of amides is 1. The molecule has 8 nitrogen and oxygen atoms in total. The summed E-state index contributed by atoms with van der Waals surface area (Å²) in [6, 6.07) is 0. The lowest BCUT2D eigenvalue weighted by molar-refractivity contribution is -0.130. The van der Waals surface area contributed by atoms with Gasteiger partial charge in [-0.3, -0.25) is 9.79 Å². The summed E-state index contributed by atoms with van der Waals surface area (Å²) >= 11 is 0. The van der Waals surface area contributed by atoms with Gasteiger partial charge in [-0.1, -0.05) is 6.42 Å². The van der Waals surface area contributed by atoms with Crippen molar-refractivity contribution in [2.24, 2.45) is 10.9 Å². The van der Waals surface area contributed by atoms with Crippen LogP contribution >= 0.6 is 24.0 Å². The Hall–Kier alpha value is -0.620. The minimum Gasteiger partial charge on any atom is -0.355 e. The van der Waals surface area contributed by atoms with Gasteiger partial charge in [0.15, 0.2) is 5.96 Å². The molecule has 2 aliphatic rings. The number of aliphatic imine (C=N–C) groups is 1. The standard InChI is InChI=1S/C15H29N5O3S.HI/c1-13(21)19-7-9-20(10-8-19)15(16-2)17-6-11-24(22,23)18-12-14-4-3-5-14;/h14,18H,3-12H2,1-2H3,(H,16,17);1H. The fourth-order valence-corrected chi connectivity index (χ4v) is 3.88. The van der Waals surface area contributed by atoms with Crippen LogP contribution in [0.5, 0.6) is 0 Å². The highest BCUT2D eigenvalue weighted by molar-refractivity contribution is 14.0. The van der Waals surface area contributed by atoms with E-state index in [1.54, 1.807) is 18.9 Å². The zero-order valence-corrected chi connectivity index (χ0v) is 18.2. The summed E-state index contributed by atoms with van der Waals surface area (Å²) in [6.45, 7) is 5.18. The summed E-state index contributed by atoms with van der Waals surface area (Å²) in [6.07, 6.45) is 3.46. The lowest BCUT2D eigenvalue weighted by atomic mass is 9.86. The maximum Gasteiger partial charge on any atom is 0.219 e. The minimum absolute atomic E-state index is 0. The van der Waals surface area contributed by atoms with Crippen molar-refractivity contribution in [3.63, 3.8) is 0 Å². The Labute approximate surface area is 167 Å². The van der Waals surface area contributed by atoms with E-state index in [1.807, 2.05) is 4.90 Å². The Morgan fingerprint density at radius 1 is 1.16 bits per heavy atom. The summed E-state index contributed by atoms with van der Waals surface area (Å²) in [5, 5.41) is 3.11. The Balaban J connectivity index is 0.00000312. The van der Waals surface area contributed by atoms with Crippen LogP contribution in [0.1, 0.15) is 26.2 Å². The monoisotopic (exact) mass is 487 g/mol. The van der Waals surface area contributed by atoms with Gasteiger partial charge in [-0.2, -0.15) is 0 Å². The molecule has 1 heterocycles. The van der Waals surface area contributed by atoms with Gasteiger partial charge in [0.05, 0.1) is 5.75 Å². The molecule has 2 fully saturated rings. The second kappa shape index (κ2) is 10.5. The third-order valence-electron chi connectivity index (χ3n) is 4.71. The number of hydrogen-bond donors (Lipinski definition) is 2. The highest BCUT2D eigenvalue weighted by atomic mass is 127. The summed E-state index contributed by atoms with van der Waals surface area (Å²) in [5.74, 6) is 1.32. The molecule has 0 aromatic heterocycles. The second-order valence-corrected chi connectivity index (χ2v) is 8.36. The zero-order chi connectivity index (χ0) is 17.6. The highest BCUT2D eigenvalue weighted by Crippen LogP contribution is 2.25. The molecular weight excluding hydrogens is 457 g/mol. The van der Waals surface area contributed by atoms with Crippen molar-refractivity contribution in [2.75, 3.05) is 52.1 Å². The Kier molecular flexibility index (Phi) is 9.43. The van der Waals surface area contributed by atoms with E-state index in [1.165, 1.54) is 6.42 Å². The minimum atomic E-state index is -3.25. The molecule has 0 radical (unpaired) electrons. The maximum atomic E-state index is 12.0. The number of carbonyl (C=O) groups is 1. The molecule has 0 spiro atoms. The summed E-state index contributed by atoms with van der Waals surface area (Å²) in [7, 11) is -1.56. The molecular formula is C15H30IN5O3S. The molecule has 146 valence electrons. The van der Waals surface area contributed by atoms with Crippen molar-refractivity contribution >= 4 is 45.9 Å². The molecule has 2 N–H and O–H groups in total. The molecule has 1 aliphatic carbocycles. The molecule has 0 aromatic rings. The number of rotatable bonds is 6. The summed E-state index contributed by atoms with van der Waals surface area (Å²) in [4.78, 5) is 19.4. The van der Waals surface area contributed by atoms with Crippen molar-refractivity contribution in [2.45, 2.75) is 26.2 Å². The third-order valence-corrected chi connectivity index (χ3v) is 6.05. The SMILES string of the molecule is CN=C(NCCS(=O)(=O)NCC1CCC1)N1CCN(C(C)=O)CC1.I. The average molecular weight is 487 g/mol. The van der Waals surface area contributed by atoms with Gasteiger partial charge in [0, 0.05) is 53.2 Å². The number of nitrogens with one attached hydrogen (secondary N) is 2. The number of piperazine rings is 1. The van der Waals surface area contributed by atoms with Crippen molar-refractivity contribution in [3.05, 3.63) is 0 Å². The molecule has 1 aliphatic heterocycles. The first kappa shape index (κ1) is 22.4. The predicted molar refractivity (Wildman–Crippen MR) is 110 cm³/mol. The van der Waals surface area contributed by atoms with E-state index < -0.39 is 10.0 Å². The molecule has 1 saturated heterocycles. The lowest BCUT2D eigenvalue weighted by Crippen LogP contribution is -2.54. The first-order valence-electron chi connectivity index (χ1n) is 8.60. The normalized spacial score (nSPS) is 19.2. The molecule has 0 atom stereocenters. The number of sulfonamides is 1. The van der Waals surface area contributed by atoms with Crippen LogP contribution in [-0.4, -0.2) is 82.2 Å². The average Bonchev–Trinajstić information content (AvgIpc) is 2.50. The zero-order valence-electron chi connectivity index (χ0n) is 15.0. The largest absolute Gasteiger partial charge is 0.355 e. The van der Waals surface area contributed by atoms with Gasteiger partial charge in [0.25, 0.3) is 0 Å².